The monoisotopic (exact) mass is 314 g/mol. The molecule has 2 heterocycles. The van der Waals surface area contributed by atoms with Gasteiger partial charge in [-0.05, 0) is 12.7 Å². The number of thioether (sulfide) groups is 1. The predicted molar refractivity (Wildman–Crippen MR) is 83.9 cm³/mol. The van der Waals surface area contributed by atoms with E-state index in [4.69, 9.17) is 16.3 Å². The zero-order valence-corrected chi connectivity index (χ0v) is 13.5. The second-order valence-electron chi connectivity index (χ2n) is 4.51. The van der Waals surface area contributed by atoms with Crippen LogP contribution in [0.3, 0.4) is 0 Å². The molecular formula is C13H19ClN4OS. The molecule has 5 nitrogen and oxygen atoms in total. The summed E-state index contributed by atoms with van der Waals surface area (Å²) in [4.78, 5) is 13.1. The fraction of sp³-hybridized carbons (Fsp3) is 0.615. The van der Waals surface area contributed by atoms with E-state index >= 15 is 0 Å². The van der Waals surface area contributed by atoms with E-state index in [9.17, 15) is 0 Å². The van der Waals surface area contributed by atoms with Crippen LogP contribution in [0.5, 0.6) is 5.88 Å². The molecule has 0 aliphatic rings. The van der Waals surface area contributed by atoms with Crippen molar-refractivity contribution in [2.75, 3.05) is 19.2 Å². The minimum Gasteiger partial charge on any atom is -0.479 e. The fourth-order valence-electron chi connectivity index (χ4n) is 2.05. The van der Waals surface area contributed by atoms with Crippen LogP contribution in [0.25, 0.3) is 11.2 Å². The highest BCUT2D eigenvalue weighted by molar-refractivity contribution is 7.99. The maximum Gasteiger partial charge on any atom is 0.245 e. The molecule has 0 saturated carbocycles. The van der Waals surface area contributed by atoms with Crippen LogP contribution in [0.15, 0.2) is 6.33 Å². The largest absolute Gasteiger partial charge is 0.479 e. The maximum atomic E-state index is 5.87. The minimum atomic E-state index is 0.516. The highest BCUT2D eigenvalue weighted by Gasteiger charge is 2.16. The number of fused-ring (bicyclic) bond motifs is 1. The third-order valence-corrected chi connectivity index (χ3v) is 4.48. The minimum absolute atomic E-state index is 0.516. The highest BCUT2D eigenvalue weighted by atomic mass is 35.5. The summed E-state index contributed by atoms with van der Waals surface area (Å²) in [5.74, 6) is 2.00. The molecule has 110 valence electrons. The topological polar surface area (TPSA) is 52.8 Å². The van der Waals surface area contributed by atoms with Crippen molar-refractivity contribution in [3.8, 4) is 5.88 Å². The van der Waals surface area contributed by atoms with Crippen LogP contribution >= 0.6 is 23.4 Å². The van der Waals surface area contributed by atoms with E-state index in [1.807, 2.05) is 11.8 Å². The zero-order valence-electron chi connectivity index (χ0n) is 12.0. The van der Waals surface area contributed by atoms with E-state index < -0.39 is 0 Å². The fourth-order valence-corrected chi connectivity index (χ4v) is 2.56. The molecule has 0 fully saturated rings. The summed E-state index contributed by atoms with van der Waals surface area (Å²) in [6, 6.07) is 0. The van der Waals surface area contributed by atoms with Gasteiger partial charge < -0.3 is 9.30 Å². The Bertz CT molecular complexity index is 575. The van der Waals surface area contributed by atoms with E-state index in [-0.39, 0.29) is 0 Å². The van der Waals surface area contributed by atoms with Crippen molar-refractivity contribution in [3.63, 3.8) is 0 Å². The van der Waals surface area contributed by atoms with Crippen molar-refractivity contribution in [2.45, 2.75) is 31.6 Å². The Morgan fingerprint density at radius 1 is 1.45 bits per heavy atom. The predicted octanol–water partition coefficient (Wildman–Crippen LogP) is 2.76. The van der Waals surface area contributed by atoms with Gasteiger partial charge >= 0.3 is 0 Å². The van der Waals surface area contributed by atoms with Crippen molar-refractivity contribution < 1.29 is 4.74 Å². The molecule has 1 unspecified atom stereocenters. The number of alkyl halides is 1. The zero-order chi connectivity index (χ0) is 14.5. The van der Waals surface area contributed by atoms with Gasteiger partial charge in [0.1, 0.15) is 12.2 Å². The third-order valence-electron chi connectivity index (χ3n) is 3.25. The number of ether oxygens (including phenoxy) is 1. The van der Waals surface area contributed by atoms with Gasteiger partial charge in [0.2, 0.25) is 5.88 Å². The Morgan fingerprint density at radius 2 is 2.25 bits per heavy atom. The molecule has 0 N–H and O–H groups in total. The highest BCUT2D eigenvalue weighted by Crippen LogP contribution is 2.23. The smallest absolute Gasteiger partial charge is 0.245 e. The van der Waals surface area contributed by atoms with E-state index in [2.05, 4.69) is 32.7 Å². The first-order valence-corrected chi connectivity index (χ1v) is 8.36. The number of hydrogen-bond donors (Lipinski definition) is 0. The summed E-state index contributed by atoms with van der Waals surface area (Å²) in [5.41, 5.74) is 1.54. The molecule has 0 amide bonds. The Hall–Kier alpha value is -1.01. The third kappa shape index (κ3) is 3.17. The van der Waals surface area contributed by atoms with Gasteiger partial charge in [-0.2, -0.15) is 16.7 Å². The molecule has 0 saturated heterocycles. The van der Waals surface area contributed by atoms with Crippen molar-refractivity contribution in [3.05, 3.63) is 12.2 Å². The number of methoxy groups -OCH3 is 1. The molecule has 0 radical (unpaired) electrons. The standard InChI is InChI=1S/C13H19ClN4OS/c1-9(20-3)5-7-18-10(4-6-14)17-11-12(18)15-8-16-13(11)19-2/h8-9H,4-7H2,1-3H3. The van der Waals surface area contributed by atoms with Crippen LogP contribution < -0.4 is 4.74 Å². The van der Waals surface area contributed by atoms with Gasteiger partial charge in [0, 0.05) is 24.1 Å². The maximum absolute atomic E-state index is 5.87. The van der Waals surface area contributed by atoms with Crippen LogP contribution in [0, 0.1) is 0 Å². The van der Waals surface area contributed by atoms with Crippen molar-refractivity contribution in [1.82, 2.24) is 19.5 Å². The van der Waals surface area contributed by atoms with Gasteiger partial charge in [-0.3, -0.25) is 0 Å². The lowest BCUT2D eigenvalue weighted by Gasteiger charge is -2.11. The molecule has 0 spiro atoms. The SMILES string of the molecule is COc1ncnc2c1nc(CCCl)n2CCC(C)SC. The van der Waals surface area contributed by atoms with Gasteiger partial charge in [0.15, 0.2) is 11.2 Å². The number of aromatic nitrogens is 4. The van der Waals surface area contributed by atoms with Crippen LogP contribution in [0.4, 0.5) is 0 Å². The Balaban J connectivity index is 2.40. The van der Waals surface area contributed by atoms with Crippen LogP contribution in [-0.4, -0.2) is 44.0 Å². The molecule has 7 heteroatoms. The Kier molecular flexibility index (Phi) is 5.48. The molecule has 0 aliphatic heterocycles. The number of rotatable bonds is 7. The van der Waals surface area contributed by atoms with E-state index in [0.29, 0.717) is 28.9 Å². The Labute approximate surface area is 128 Å². The van der Waals surface area contributed by atoms with Gasteiger partial charge in [-0.25, -0.2) is 9.97 Å². The summed E-state index contributed by atoms with van der Waals surface area (Å²) >= 11 is 7.74. The van der Waals surface area contributed by atoms with Gasteiger partial charge in [0.25, 0.3) is 0 Å². The Morgan fingerprint density at radius 3 is 2.90 bits per heavy atom. The summed E-state index contributed by atoms with van der Waals surface area (Å²) in [6.07, 6.45) is 5.42. The second kappa shape index (κ2) is 7.13. The van der Waals surface area contributed by atoms with Crippen LogP contribution in [-0.2, 0) is 13.0 Å². The first kappa shape index (κ1) is 15.4. The number of halogens is 1. The lowest BCUT2D eigenvalue weighted by atomic mass is 10.3. The summed E-state index contributed by atoms with van der Waals surface area (Å²) < 4.78 is 7.39. The van der Waals surface area contributed by atoms with Crippen LogP contribution in [0.2, 0.25) is 0 Å². The molecule has 20 heavy (non-hydrogen) atoms. The van der Waals surface area contributed by atoms with E-state index in [0.717, 1.165) is 24.4 Å². The molecule has 2 rings (SSSR count). The van der Waals surface area contributed by atoms with Gasteiger partial charge in [-0.15, -0.1) is 11.6 Å². The van der Waals surface area contributed by atoms with Crippen LogP contribution in [0.1, 0.15) is 19.2 Å². The summed E-state index contributed by atoms with van der Waals surface area (Å²) in [7, 11) is 1.60. The first-order chi connectivity index (χ1) is 9.71. The second-order valence-corrected chi connectivity index (χ2v) is 6.16. The van der Waals surface area contributed by atoms with Gasteiger partial charge in [0.05, 0.1) is 7.11 Å². The van der Waals surface area contributed by atoms with E-state index in [1.165, 1.54) is 6.33 Å². The lowest BCUT2D eigenvalue weighted by Crippen LogP contribution is -2.09. The number of nitrogens with zero attached hydrogens (tertiary/aromatic N) is 4. The lowest BCUT2D eigenvalue weighted by molar-refractivity contribution is 0.401. The van der Waals surface area contributed by atoms with Gasteiger partial charge in [-0.1, -0.05) is 6.92 Å². The number of imidazole rings is 1. The quantitative estimate of drug-likeness (QED) is 0.736. The average molecular weight is 315 g/mol. The molecule has 1 atom stereocenters. The number of aryl methyl sites for hydroxylation is 2. The summed E-state index contributed by atoms with van der Waals surface area (Å²) in [5, 5.41) is 0.597. The molecule has 2 aromatic heterocycles. The number of hydrogen-bond acceptors (Lipinski definition) is 5. The van der Waals surface area contributed by atoms with Crippen molar-refractivity contribution >= 4 is 34.5 Å². The average Bonchev–Trinajstić information content (AvgIpc) is 2.82. The molecular weight excluding hydrogens is 296 g/mol. The molecule has 0 bridgehead atoms. The molecule has 0 aliphatic carbocycles. The summed E-state index contributed by atoms with van der Waals surface area (Å²) in [6.45, 7) is 3.10. The normalized spacial score (nSPS) is 12.8. The van der Waals surface area contributed by atoms with Crippen molar-refractivity contribution in [2.24, 2.45) is 0 Å². The van der Waals surface area contributed by atoms with Crippen molar-refractivity contribution in [1.29, 1.82) is 0 Å². The molecule has 2 aromatic rings. The van der Waals surface area contributed by atoms with E-state index in [1.54, 1.807) is 7.11 Å². The first-order valence-electron chi connectivity index (χ1n) is 6.54. The molecule has 0 aromatic carbocycles.